The van der Waals surface area contributed by atoms with E-state index in [0.717, 1.165) is 31.8 Å². The van der Waals surface area contributed by atoms with Crippen LogP contribution >= 0.6 is 0 Å². The summed E-state index contributed by atoms with van der Waals surface area (Å²) in [6, 6.07) is 0. The van der Waals surface area contributed by atoms with Crippen molar-refractivity contribution in [2.45, 2.75) is 50.5 Å². The predicted molar refractivity (Wildman–Crippen MR) is 58.3 cm³/mol. The van der Waals surface area contributed by atoms with Gasteiger partial charge in [0.05, 0.1) is 5.60 Å². The zero-order chi connectivity index (χ0) is 10.0. The Morgan fingerprint density at radius 3 is 2.64 bits per heavy atom. The van der Waals surface area contributed by atoms with Gasteiger partial charge in [0.1, 0.15) is 0 Å². The van der Waals surface area contributed by atoms with Gasteiger partial charge in [0.25, 0.3) is 0 Å². The molecule has 2 fully saturated rings. The van der Waals surface area contributed by atoms with Crippen molar-refractivity contribution in [3.8, 4) is 0 Å². The topological polar surface area (TPSA) is 23.5 Å². The summed E-state index contributed by atoms with van der Waals surface area (Å²) in [7, 11) is 2.12. The number of aliphatic hydroxyl groups is 1. The summed E-state index contributed by atoms with van der Waals surface area (Å²) >= 11 is 0. The highest BCUT2D eigenvalue weighted by Gasteiger charge is 2.34. The smallest absolute Gasteiger partial charge is 0.0777 e. The summed E-state index contributed by atoms with van der Waals surface area (Å²) in [5.41, 5.74) is -0.359. The van der Waals surface area contributed by atoms with Crippen molar-refractivity contribution in [2.75, 3.05) is 20.1 Å². The lowest BCUT2D eigenvalue weighted by Crippen LogP contribution is -2.47. The first-order chi connectivity index (χ1) is 6.68. The number of likely N-dealkylation sites (N-methyl/N-ethyl adjacent to an activating group) is 1. The molecule has 0 bridgehead atoms. The number of rotatable bonds is 2. The Bertz CT molecular complexity index is 189. The molecule has 0 amide bonds. The molecule has 2 heteroatoms. The van der Waals surface area contributed by atoms with Crippen LogP contribution in [0.4, 0.5) is 0 Å². The van der Waals surface area contributed by atoms with E-state index < -0.39 is 0 Å². The summed E-state index contributed by atoms with van der Waals surface area (Å²) in [5, 5.41) is 10.5. The van der Waals surface area contributed by atoms with E-state index in [0.29, 0.717) is 0 Å². The molecule has 1 aliphatic carbocycles. The molecule has 1 saturated carbocycles. The van der Waals surface area contributed by atoms with E-state index >= 15 is 0 Å². The molecule has 1 unspecified atom stereocenters. The van der Waals surface area contributed by atoms with Gasteiger partial charge in [-0.1, -0.05) is 25.7 Å². The van der Waals surface area contributed by atoms with Crippen LogP contribution in [-0.4, -0.2) is 35.7 Å². The number of nitrogens with zero attached hydrogens (tertiary/aromatic N) is 1. The van der Waals surface area contributed by atoms with Crippen LogP contribution in [0.15, 0.2) is 0 Å². The SMILES string of the molecule is CN1CCCC(O)(CC2CCCC2)C1. The number of hydrogen-bond acceptors (Lipinski definition) is 2. The minimum Gasteiger partial charge on any atom is -0.389 e. The highest BCUT2D eigenvalue weighted by molar-refractivity contribution is 4.89. The average molecular weight is 197 g/mol. The molecule has 1 aliphatic heterocycles. The first-order valence-corrected chi connectivity index (χ1v) is 6.09. The zero-order valence-electron chi connectivity index (χ0n) is 9.34. The zero-order valence-corrected chi connectivity index (χ0v) is 9.34. The first-order valence-electron chi connectivity index (χ1n) is 6.09. The van der Waals surface area contributed by atoms with Gasteiger partial charge in [-0.25, -0.2) is 0 Å². The van der Waals surface area contributed by atoms with E-state index in [4.69, 9.17) is 0 Å². The van der Waals surface area contributed by atoms with Crippen LogP contribution in [0.3, 0.4) is 0 Å². The van der Waals surface area contributed by atoms with Crippen molar-refractivity contribution < 1.29 is 5.11 Å². The lowest BCUT2D eigenvalue weighted by Gasteiger charge is -2.39. The number of piperidine rings is 1. The molecular formula is C12H23NO. The van der Waals surface area contributed by atoms with Crippen LogP contribution in [0.5, 0.6) is 0 Å². The van der Waals surface area contributed by atoms with Crippen LogP contribution in [0.25, 0.3) is 0 Å². The average Bonchev–Trinajstić information content (AvgIpc) is 2.55. The maximum absolute atomic E-state index is 10.5. The minimum atomic E-state index is -0.359. The predicted octanol–water partition coefficient (Wildman–Crippen LogP) is 2.02. The van der Waals surface area contributed by atoms with E-state index in [9.17, 15) is 5.11 Å². The lowest BCUT2D eigenvalue weighted by atomic mass is 9.83. The largest absolute Gasteiger partial charge is 0.389 e. The Hall–Kier alpha value is -0.0800. The number of β-amino-alcohol motifs (C(OH)–C–C–N with tert-alkyl or cyclic N) is 1. The Labute approximate surface area is 87.3 Å². The van der Waals surface area contributed by atoms with Gasteiger partial charge in [0, 0.05) is 6.54 Å². The van der Waals surface area contributed by atoms with Gasteiger partial charge in [0.15, 0.2) is 0 Å². The van der Waals surface area contributed by atoms with Gasteiger partial charge in [-0.15, -0.1) is 0 Å². The van der Waals surface area contributed by atoms with Crippen molar-refractivity contribution in [2.24, 2.45) is 5.92 Å². The molecule has 82 valence electrons. The molecule has 0 aromatic rings. The maximum Gasteiger partial charge on any atom is 0.0777 e. The fraction of sp³-hybridized carbons (Fsp3) is 1.00. The Morgan fingerprint density at radius 2 is 2.00 bits per heavy atom. The Kier molecular flexibility index (Phi) is 3.13. The van der Waals surface area contributed by atoms with Gasteiger partial charge in [0.2, 0.25) is 0 Å². The fourth-order valence-corrected chi connectivity index (χ4v) is 3.26. The third kappa shape index (κ3) is 2.48. The van der Waals surface area contributed by atoms with E-state index in [1.54, 1.807) is 0 Å². The normalized spacial score (nSPS) is 36.4. The van der Waals surface area contributed by atoms with Gasteiger partial charge < -0.3 is 10.0 Å². The monoisotopic (exact) mass is 197 g/mol. The molecule has 0 aromatic carbocycles. The summed E-state index contributed by atoms with van der Waals surface area (Å²) in [5.74, 6) is 0.812. The minimum absolute atomic E-state index is 0.359. The van der Waals surface area contributed by atoms with Crippen molar-refractivity contribution in [1.29, 1.82) is 0 Å². The summed E-state index contributed by atoms with van der Waals surface area (Å²) in [6.07, 6.45) is 8.72. The molecule has 2 nitrogen and oxygen atoms in total. The first kappa shape index (κ1) is 10.4. The van der Waals surface area contributed by atoms with Crippen LogP contribution in [0, 0.1) is 5.92 Å². The third-order valence-corrected chi connectivity index (χ3v) is 3.89. The van der Waals surface area contributed by atoms with E-state index in [1.165, 1.54) is 32.1 Å². The molecule has 1 atom stereocenters. The van der Waals surface area contributed by atoms with Crippen molar-refractivity contribution >= 4 is 0 Å². The van der Waals surface area contributed by atoms with Crippen LogP contribution in [0.1, 0.15) is 44.9 Å². The molecular weight excluding hydrogens is 174 g/mol. The second-order valence-corrected chi connectivity index (χ2v) is 5.42. The standard InChI is InChI=1S/C12H23NO/c1-13-8-4-7-12(14,10-13)9-11-5-2-3-6-11/h11,14H,2-10H2,1H3. The second kappa shape index (κ2) is 4.19. The van der Waals surface area contributed by atoms with Crippen LogP contribution < -0.4 is 0 Å². The lowest BCUT2D eigenvalue weighted by molar-refractivity contribution is -0.0403. The maximum atomic E-state index is 10.5. The molecule has 2 rings (SSSR count). The van der Waals surface area contributed by atoms with Crippen molar-refractivity contribution in [3.05, 3.63) is 0 Å². The summed E-state index contributed by atoms with van der Waals surface area (Å²) in [6.45, 7) is 2.05. The number of likely N-dealkylation sites (tertiary alicyclic amines) is 1. The second-order valence-electron chi connectivity index (χ2n) is 5.42. The molecule has 14 heavy (non-hydrogen) atoms. The number of hydrogen-bond donors (Lipinski definition) is 1. The Balaban J connectivity index is 1.87. The van der Waals surface area contributed by atoms with Crippen LogP contribution in [0.2, 0.25) is 0 Å². The molecule has 0 spiro atoms. The van der Waals surface area contributed by atoms with E-state index in [2.05, 4.69) is 11.9 Å². The molecule has 0 radical (unpaired) electrons. The third-order valence-electron chi connectivity index (χ3n) is 3.89. The quantitative estimate of drug-likeness (QED) is 0.732. The van der Waals surface area contributed by atoms with Gasteiger partial charge in [-0.2, -0.15) is 0 Å². The summed E-state index contributed by atoms with van der Waals surface area (Å²) in [4.78, 5) is 2.28. The highest BCUT2D eigenvalue weighted by Crippen LogP contribution is 2.35. The highest BCUT2D eigenvalue weighted by atomic mass is 16.3. The van der Waals surface area contributed by atoms with Crippen molar-refractivity contribution in [1.82, 2.24) is 4.90 Å². The molecule has 2 aliphatic rings. The van der Waals surface area contributed by atoms with E-state index in [-0.39, 0.29) is 5.60 Å². The molecule has 0 aromatic heterocycles. The fourth-order valence-electron chi connectivity index (χ4n) is 3.26. The van der Waals surface area contributed by atoms with E-state index in [1.807, 2.05) is 0 Å². The van der Waals surface area contributed by atoms with Gasteiger partial charge in [-0.3, -0.25) is 0 Å². The summed E-state index contributed by atoms with van der Waals surface area (Å²) < 4.78 is 0. The van der Waals surface area contributed by atoms with Crippen LogP contribution in [-0.2, 0) is 0 Å². The molecule has 1 saturated heterocycles. The Morgan fingerprint density at radius 1 is 1.29 bits per heavy atom. The molecule has 1 N–H and O–H groups in total. The van der Waals surface area contributed by atoms with Gasteiger partial charge in [-0.05, 0) is 38.8 Å². The van der Waals surface area contributed by atoms with Crippen molar-refractivity contribution in [3.63, 3.8) is 0 Å². The van der Waals surface area contributed by atoms with Gasteiger partial charge >= 0.3 is 0 Å². The molecule has 1 heterocycles.